The lowest BCUT2D eigenvalue weighted by molar-refractivity contribution is 0.603. The maximum atomic E-state index is 3.66. The summed E-state index contributed by atoms with van der Waals surface area (Å²) in [5.41, 5.74) is 2.92. The van der Waals surface area contributed by atoms with E-state index in [0.29, 0.717) is 6.04 Å². The molecule has 1 atom stereocenters. The SMILES string of the molecule is CCNC(CSC1CCCC1)c1ccc(CC(C)C)cc1. The van der Waals surface area contributed by atoms with Crippen molar-refractivity contribution in [2.75, 3.05) is 12.3 Å². The lowest BCUT2D eigenvalue weighted by Crippen LogP contribution is -2.23. The van der Waals surface area contributed by atoms with E-state index < -0.39 is 0 Å². The summed E-state index contributed by atoms with van der Waals surface area (Å²) in [5.74, 6) is 1.94. The van der Waals surface area contributed by atoms with Crippen molar-refractivity contribution in [3.05, 3.63) is 35.4 Å². The number of benzene rings is 1. The summed E-state index contributed by atoms with van der Waals surface area (Å²) in [6.45, 7) is 7.82. The highest BCUT2D eigenvalue weighted by Gasteiger charge is 2.18. The lowest BCUT2D eigenvalue weighted by Gasteiger charge is -2.20. The fourth-order valence-corrected chi connectivity index (χ4v) is 4.61. The molecule has 0 bridgehead atoms. The quantitative estimate of drug-likeness (QED) is 0.707. The molecule has 2 heteroatoms. The fraction of sp³-hybridized carbons (Fsp3) is 0.684. The van der Waals surface area contributed by atoms with Crippen LogP contribution in [0.5, 0.6) is 0 Å². The number of rotatable bonds is 8. The van der Waals surface area contributed by atoms with Gasteiger partial charge in [-0.25, -0.2) is 0 Å². The van der Waals surface area contributed by atoms with Crippen LogP contribution in [0.2, 0.25) is 0 Å². The predicted octanol–water partition coefficient (Wildman–Crippen LogP) is 5.21. The molecule has 1 aromatic rings. The molecule has 1 aliphatic carbocycles. The number of hydrogen-bond donors (Lipinski definition) is 1. The Hall–Kier alpha value is -0.470. The van der Waals surface area contributed by atoms with Crippen LogP contribution in [0.15, 0.2) is 24.3 Å². The molecule has 1 saturated carbocycles. The van der Waals surface area contributed by atoms with Crippen molar-refractivity contribution in [1.29, 1.82) is 0 Å². The first kappa shape index (κ1) is 16.9. The Morgan fingerprint density at radius 1 is 1.14 bits per heavy atom. The Morgan fingerprint density at radius 3 is 2.38 bits per heavy atom. The van der Waals surface area contributed by atoms with Gasteiger partial charge in [-0.3, -0.25) is 0 Å². The van der Waals surface area contributed by atoms with E-state index >= 15 is 0 Å². The first-order valence-electron chi connectivity index (χ1n) is 8.63. The Balaban J connectivity index is 1.92. The van der Waals surface area contributed by atoms with Crippen LogP contribution in [0.4, 0.5) is 0 Å². The van der Waals surface area contributed by atoms with E-state index in [1.165, 1.54) is 49.0 Å². The molecular weight excluding hydrogens is 274 g/mol. The van der Waals surface area contributed by atoms with Crippen LogP contribution in [-0.2, 0) is 6.42 Å². The largest absolute Gasteiger partial charge is 0.310 e. The molecule has 21 heavy (non-hydrogen) atoms. The van der Waals surface area contributed by atoms with Crippen LogP contribution in [-0.4, -0.2) is 17.5 Å². The average Bonchev–Trinajstić information content (AvgIpc) is 2.97. The first-order chi connectivity index (χ1) is 10.2. The zero-order chi connectivity index (χ0) is 15.1. The molecule has 1 nitrogen and oxygen atoms in total. The van der Waals surface area contributed by atoms with Crippen LogP contribution in [0.1, 0.15) is 63.6 Å². The molecule has 1 aromatic carbocycles. The summed E-state index contributed by atoms with van der Waals surface area (Å²) < 4.78 is 0. The third-order valence-corrected chi connectivity index (χ3v) is 5.75. The molecule has 0 heterocycles. The summed E-state index contributed by atoms with van der Waals surface area (Å²) >= 11 is 2.18. The molecule has 2 rings (SSSR count). The Bertz CT molecular complexity index is 393. The molecule has 0 radical (unpaired) electrons. The van der Waals surface area contributed by atoms with Crippen molar-refractivity contribution in [2.45, 2.75) is 64.2 Å². The van der Waals surface area contributed by atoms with Gasteiger partial charge in [0.2, 0.25) is 0 Å². The topological polar surface area (TPSA) is 12.0 Å². The second-order valence-corrected chi connectivity index (χ2v) is 8.02. The highest BCUT2D eigenvalue weighted by atomic mass is 32.2. The monoisotopic (exact) mass is 305 g/mol. The van der Waals surface area contributed by atoms with Crippen LogP contribution in [0, 0.1) is 5.92 Å². The zero-order valence-corrected chi connectivity index (χ0v) is 14.7. The molecule has 0 spiro atoms. The predicted molar refractivity (Wildman–Crippen MR) is 96.1 cm³/mol. The van der Waals surface area contributed by atoms with Gasteiger partial charge in [0, 0.05) is 17.0 Å². The molecule has 1 aliphatic rings. The van der Waals surface area contributed by atoms with Gasteiger partial charge in [0.25, 0.3) is 0 Å². The maximum absolute atomic E-state index is 3.66. The van der Waals surface area contributed by atoms with Crippen molar-refractivity contribution in [3.63, 3.8) is 0 Å². The maximum Gasteiger partial charge on any atom is 0.0411 e. The molecule has 0 saturated heterocycles. The Kier molecular flexibility index (Phi) is 7.12. The van der Waals surface area contributed by atoms with E-state index in [1.54, 1.807) is 0 Å². The minimum atomic E-state index is 0.508. The molecule has 1 fully saturated rings. The van der Waals surface area contributed by atoms with E-state index in [9.17, 15) is 0 Å². The lowest BCUT2D eigenvalue weighted by atomic mass is 10.00. The molecule has 1 unspecified atom stereocenters. The molecule has 0 amide bonds. The van der Waals surface area contributed by atoms with Crippen LogP contribution < -0.4 is 5.32 Å². The summed E-state index contributed by atoms with van der Waals surface area (Å²) in [7, 11) is 0. The van der Waals surface area contributed by atoms with E-state index in [2.05, 4.69) is 62.1 Å². The molecule has 118 valence electrons. The minimum absolute atomic E-state index is 0.508. The summed E-state index contributed by atoms with van der Waals surface area (Å²) in [6, 6.07) is 9.81. The van der Waals surface area contributed by atoms with Crippen LogP contribution >= 0.6 is 11.8 Å². The Labute approximate surface area is 135 Å². The van der Waals surface area contributed by atoms with Gasteiger partial charge in [0.05, 0.1) is 0 Å². The normalized spacial score (nSPS) is 17.5. The summed E-state index contributed by atoms with van der Waals surface area (Å²) in [4.78, 5) is 0. The van der Waals surface area contributed by atoms with E-state index in [1.807, 2.05) is 0 Å². The fourth-order valence-electron chi connectivity index (χ4n) is 3.16. The van der Waals surface area contributed by atoms with Crippen molar-refractivity contribution < 1.29 is 0 Å². The highest BCUT2D eigenvalue weighted by molar-refractivity contribution is 7.99. The molecule has 0 aromatic heterocycles. The van der Waals surface area contributed by atoms with Crippen molar-refractivity contribution in [2.24, 2.45) is 5.92 Å². The summed E-state index contributed by atoms with van der Waals surface area (Å²) in [6.07, 6.45) is 6.91. The van der Waals surface area contributed by atoms with Gasteiger partial charge >= 0.3 is 0 Å². The minimum Gasteiger partial charge on any atom is -0.310 e. The molecule has 0 aliphatic heterocycles. The molecular formula is C19H31NS. The smallest absolute Gasteiger partial charge is 0.0411 e. The van der Waals surface area contributed by atoms with E-state index in [4.69, 9.17) is 0 Å². The third-order valence-electron chi connectivity index (χ3n) is 4.28. The van der Waals surface area contributed by atoms with E-state index in [0.717, 1.165) is 17.7 Å². The third kappa shape index (κ3) is 5.67. The van der Waals surface area contributed by atoms with Gasteiger partial charge < -0.3 is 5.32 Å². The average molecular weight is 306 g/mol. The number of thioether (sulfide) groups is 1. The van der Waals surface area contributed by atoms with E-state index in [-0.39, 0.29) is 0 Å². The number of hydrogen-bond acceptors (Lipinski definition) is 2. The second kappa shape index (κ2) is 8.85. The van der Waals surface area contributed by atoms with Gasteiger partial charge in [-0.05, 0) is 42.9 Å². The van der Waals surface area contributed by atoms with Crippen LogP contribution in [0.25, 0.3) is 0 Å². The van der Waals surface area contributed by atoms with Gasteiger partial charge in [-0.15, -0.1) is 0 Å². The summed E-state index contributed by atoms with van der Waals surface area (Å²) in [5, 5.41) is 4.57. The van der Waals surface area contributed by atoms with Gasteiger partial charge in [0.1, 0.15) is 0 Å². The van der Waals surface area contributed by atoms with Crippen LogP contribution in [0.3, 0.4) is 0 Å². The first-order valence-corrected chi connectivity index (χ1v) is 9.67. The number of nitrogens with one attached hydrogen (secondary N) is 1. The van der Waals surface area contributed by atoms with Gasteiger partial charge in [-0.2, -0.15) is 11.8 Å². The standard InChI is InChI=1S/C19H31NS/c1-4-20-19(14-21-18-7-5-6-8-18)17-11-9-16(10-12-17)13-15(2)3/h9-12,15,18-20H,4-8,13-14H2,1-3H3. The Morgan fingerprint density at radius 2 is 1.81 bits per heavy atom. The van der Waals surface area contributed by atoms with Crippen molar-refractivity contribution in [3.8, 4) is 0 Å². The second-order valence-electron chi connectivity index (χ2n) is 6.69. The zero-order valence-electron chi connectivity index (χ0n) is 13.9. The van der Waals surface area contributed by atoms with Gasteiger partial charge in [-0.1, -0.05) is 57.9 Å². The van der Waals surface area contributed by atoms with Gasteiger partial charge in [0.15, 0.2) is 0 Å². The highest BCUT2D eigenvalue weighted by Crippen LogP contribution is 2.32. The van der Waals surface area contributed by atoms with Crippen molar-refractivity contribution >= 4 is 11.8 Å². The molecule has 1 N–H and O–H groups in total. The van der Waals surface area contributed by atoms with Crippen molar-refractivity contribution in [1.82, 2.24) is 5.32 Å².